The van der Waals surface area contributed by atoms with Gasteiger partial charge in [0.05, 0.1) is 11.5 Å². The molecule has 6 heteroatoms. The van der Waals surface area contributed by atoms with E-state index in [1.54, 1.807) is 6.07 Å². The third kappa shape index (κ3) is 6.81. The van der Waals surface area contributed by atoms with E-state index >= 15 is 0 Å². The summed E-state index contributed by atoms with van der Waals surface area (Å²) in [5.74, 6) is -0.552. The van der Waals surface area contributed by atoms with Crippen LogP contribution in [0.25, 0.3) is 0 Å². The normalized spacial score (nSPS) is 11.2. The molecule has 0 radical (unpaired) electrons. The van der Waals surface area contributed by atoms with E-state index < -0.39 is 15.8 Å². The lowest BCUT2D eigenvalue weighted by Crippen LogP contribution is -2.17. The molecule has 0 saturated heterocycles. The second-order valence-corrected chi connectivity index (χ2v) is 6.62. The molecular formula is C13H18O5S. The number of carboxylic acid groups (broad SMARTS) is 1. The van der Waals surface area contributed by atoms with Crippen molar-refractivity contribution in [2.24, 2.45) is 0 Å². The van der Waals surface area contributed by atoms with Gasteiger partial charge >= 0.3 is 5.97 Å². The van der Waals surface area contributed by atoms with E-state index in [9.17, 15) is 13.2 Å². The quantitative estimate of drug-likeness (QED) is 0.786. The molecule has 1 aromatic carbocycles. The van der Waals surface area contributed by atoms with Crippen LogP contribution in [-0.2, 0) is 14.6 Å². The Labute approximate surface area is 113 Å². The van der Waals surface area contributed by atoms with Gasteiger partial charge in [-0.3, -0.25) is 4.79 Å². The lowest BCUT2D eigenvalue weighted by atomic mass is 10.2. The summed E-state index contributed by atoms with van der Waals surface area (Å²) in [5.41, 5.74) is 1.04. The molecule has 0 unspecified atom stereocenters. The Balaban J connectivity index is 2.33. The Kier molecular flexibility index (Phi) is 5.82. The van der Waals surface area contributed by atoms with Crippen molar-refractivity contribution in [3.05, 3.63) is 29.8 Å². The first-order chi connectivity index (χ1) is 8.89. The molecule has 0 aliphatic rings. The van der Waals surface area contributed by atoms with Crippen LogP contribution in [0.5, 0.6) is 5.75 Å². The zero-order valence-corrected chi connectivity index (χ0v) is 11.6. The van der Waals surface area contributed by atoms with Crippen LogP contribution in [0, 0.1) is 6.92 Å². The van der Waals surface area contributed by atoms with E-state index in [2.05, 4.69) is 0 Å². The fraction of sp³-hybridized carbons (Fsp3) is 0.462. The third-order valence-electron chi connectivity index (χ3n) is 2.50. The topological polar surface area (TPSA) is 80.7 Å². The van der Waals surface area contributed by atoms with Gasteiger partial charge in [0, 0.05) is 6.42 Å². The molecule has 0 saturated carbocycles. The first-order valence-electron chi connectivity index (χ1n) is 6.01. The van der Waals surface area contributed by atoms with Crippen molar-refractivity contribution < 1.29 is 23.1 Å². The molecule has 0 heterocycles. The summed E-state index contributed by atoms with van der Waals surface area (Å²) >= 11 is 0. The van der Waals surface area contributed by atoms with Crippen LogP contribution >= 0.6 is 0 Å². The molecule has 5 nitrogen and oxygen atoms in total. The maximum absolute atomic E-state index is 11.6. The third-order valence-corrected chi connectivity index (χ3v) is 4.20. The molecule has 0 spiro atoms. The molecule has 1 aromatic rings. The average molecular weight is 286 g/mol. The highest BCUT2D eigenvalue weighted by molar-refractivity contribution is 7.91. The minimum Gasteiger partial charge on any atom is -0.493 e. The molecule has 0 aromatic heterocycles. The number of ether oxygens (including phenoxy) is 1. The second-order valence-electron chi connectivity index (χ2n) is 4.31. The van der Waals surface area contributed by atoms with Gasteiger partial charge < -0.3 is 9.84 Å². The minimum absolute atomic E-state index is 0.0822. The van der Waals surface area contributed by atoms with Crippen LogP contribution in [-0.4, -0.2) is 37.6 Å². The molecule has 0 atom stereocenters. The molecule has 0 fully saturated rings. The predicted molar refractivity (Wildman–Crippen MR) is 72.2 cm³/mol. The van der Waals surface area contributed by atoms with Gasteiger partial charge in [-0.25, -0.2) is 8.42 Å². The van der Waals surface area contributed by atoms with Gasteiger partial charge in [0.15, 0.2) is 9.84 Å². The lowest BCUT2D eigenvalue weighted by molar-refractivity contribution is -0.137. The summed E-state index contributed by atoms with van der Waals surface area (Å²) < 4.78 is 28.5. The molecule has 0 aliphatic carbocycles. The van der Waals surface area contributed by atoms with Crippen LogP contribution in [0.1, 0.15) is 18.4 Å². The zero-order valence-electron chi connectivity index (χ0n) is 10.8. The fourth-order valence-electron chi connectivity index (χ4n) is 1.54. The predicted octanol–water partition coefficient (Wildman–Crippen LogP) is 1.65. The largest absolute Gasteiger partial charge is 0.493 e. The summed E-state index contributed by atoms with van der Waals surface area (Å²) in [6.07, 6.45) is 0.0140. The molecule has 1 N–H and O–H groups in total. The Bertz CT molecular complexity index is 522. The highest BCUT2D eigenvalue weighted by Gasteiger charge is 2.12. The van der Waals surface area contributed by atoms with Crippen molar-refractivity contribution in [3.63, 3.8) is 0 Å². The number of hydrogen-bond acceptors (Lipinski definition) is 4. The summed E-state index contributed by atoms with van der Waals surface area (Å²) in [6.45, 7) is 2.01. The highest BCUT2D eigenvalue weighted by atomic mass is 32.2. The number of carbonyl (C=O) groups is 1. The molecule has 1 rings (SSSR count). The molecule has 0 aliphatic heterocycles. The Morgan fingerprint density at radius 1 is 1.32 bits per heavy atom. The van der Waals surface area contributed by atoms with E-state index in [0.717, 1.165) is 5.56 Å². The van der Waals surface area contributed by atoms with Gasteiger partial charge in [0.1, 0.15) is 12.4 Å². The Morgan fingerprint density at radius 2 is 2.05 bits per heavy atom. The van der Waals surface area contributed by atoms with Crippen molar-refractivity contribution in [3.8, 4) is 5.75 Å². The first kappa shape index (κ1) is 15.5. The summed E-state index contributed by atoms with van der Waals surface area (Å²) in [6, 6.07) is 7.36. The summed E-state index contributed by atoms with van der Waals surface area (Å²) in [5, 5.41) is 8.44. The number of rotatable bonds is 8. The SMILES string of the molecule is Cc1cccc(OCCS(=O)(=O)CCCC(=O)O)c1. The summed E-state index contributed by atoms with van der Waals surface area (Å²) in [4.78, 5) is 10.3. The lowest BCUT2D eigenvalue weighted by Gasteiger charge is -2.07. The molecular weight excluding hydrogens is 268 g/mol. The number of benzene rings is 1. The van der Waals surface area contributed by atoms with Gasteiger partial charge in [0.2, 0.25) is 0 Å². The highest BCUT2D eigenvalue weighted by Crippen LogP contribution is 2.12. The van der Waals surface area contributed by atoms with E-state index in [-0.39, 0.29) is 31.0 Å². The number of carboxylic acids is 1. The Morgan fingerprint density at radius 3 is 2.68 bits per heavy atom. The van der Waals surface area contributed by atoms with Gasteiger partial charge in [-0.2, -0.15) is 0 Å². The first-order valence-corrected chi connectivity index (χ1v) is 7.83. The molecule has 19 heavy (non-hydrogen) atoms. The van der Waals surface area contributed by atoms with E-state index in [0.29, 0.717) is 5.75 Å². The minimum atomic E-state index is -3.25. The van der Waals surface area contributed by atoms with Crippen molar-refractivity contribution in [1.29, 1.82) is 0 Å². The number of aliphatic carboxylic acids is 1. The number of hydrogen-bond donors (Lipinski definition) is 1. The standard InChI is InChI=1S/C13H18O5S/c1-11-4-2-5-12(10-11)18-7-9-19(16,17)8-3-6-13(14)15/h2,4-5,10H,3,6-9H2,1H3,(H,14,15). The number of aryl methyl sites for hydroxylation is 1. The van der Waals surface area contributed by atoms with Gasteiger partial charge in [-0.05, 0) is 31.0 Å². The van der Waals surface area contributed by atoms with E-state index in [1.807, 2.05) is 25.1 Å². The summed E-state index contributed by atoms with van der Waals surface area (Å²) in [7, 11) is -3.25. The monoisotopic (exact) mass is 286 g/mol. The van der Waals surface area contributed by atoms with Crippen LogP contribution in [0.15, 0.2) is 24.3 Å². The molecule has 106 valence electrons. The Hall–Kier alpha value is -1.56. The zero-order chi connectivity index (χ0) is 14.3. The van der Waals surface area contributed by atoms with Crippen molar-refractivity contribution in [1.82, 2.24) is 0 Å². The van der Waals surface area contributed by atoms with Crippen molar-refractivity contribution in [2.75, 3.05) is 18.1 Å². The molecule has 0 amide bonds. The van der Waals surface area contributed by atoms with Gasteiger partial charge in [-0.1, -0.05) is 12.1 Å². The van der Waals surface area contributed by atoms with Gasteiger partial charge in [-0.15, -0.1) is 0 Å². The van der Waals surface area contributed by atoms with Crippen LogP contribution in [0.2, 0.25) is 0 Å². The van der Waals surface area contributed by atoms with Crippen molar-refractivity contribution >= 4 is 15.8 Å². The maximum Gasteiger partial charge on any atom is 0.303 e. The van der Waals surface area contributed by atoms with Crippen LogP contribution < -0.4 is 4.74 Å². The maximum atomic E-state index is 11.6. The fourth-order valence-corrected chi connectivity index (χ4v) is 2.66. The van der Waals surface area contributed by atoms with E-state index in [4.69, 9.17) is 9.84 Å². The smallest absolute Gasteiger partial charge is 0.303 e. The van der Waals surface area contributed by atoms with E-state index in [1.165, 1.54) is 0 Å². The average Bonchev–Trinajstić information content (AvgIpc) is 2.27. The van der Waals surface area contributed by atoms with Crippen LogP contribution in [0.3, 0.4) is 0 Å². The van der Waals surface area contributed by atoms with Crippen molar-refractivity contribution in [2.45, 2.75) is 19.8 Å². The number of sulfone groups is 1. The van der Waals surface area contributed by atoms with Gasteiger partial charge in [0.25, 0.3) is 0 Å². The van der Waals surface area contributed by atoms with Crippen LogP contribution in [0.4, 0.5) is 0 Å². The molecule has 0 bridgehead atoms. The second kappa shape index (κ2) is 7.13.